The Labute approximate surface area is 228 Å². The summed E-state index contributed by atoms with van der Waals surface area (Å²) in [4.78, 5) is 22.3. The molecule has 0 bridgehead atoms. The van der Waals surface area contributed by atoms with Crippen LogP contribution in [0.2, 0.25) is 5.02 Å². The molecule has 7 heteroatoms. The second kappa shape index (κ2) is 10.8. The van der Waals surface area contributed by atoms with Gasteiger partial charge in [0.05, 0.1) is 18.0 Å². The maximum absolute atomic E-state index is 12.8. The number of halogens is 1. The Hall–Kier alpha value is -3.35. The summed E-state index contributed by atoms with van der Waals surface area (Å²) in [6.07, 6.45) is 5.48. The first-order valence-electron chi connectivity index (χ1n) is 13.6. The Morgan fingerprint density at radius 1 is 0.974 bits per heavy atom. The predicted octanol–water partition coefficient (Wildman–Crippen LogP) is 6.16. The molecule has 4 aromatic rings. The van der Waals surface area contributed by atoms with Gasteiger partial charge in [0.25, 0.3) is 0 Å². The van der Waals surface area contributed by atoms with E-state index in [2.05, 4.69) is 44.7 Å². The molecule has 0 unspecified atom stereocenters. The van der Waals surface area contributed by atoms with Gasteiger partial charge in [-0.3, -0.25) is 9.69 Å². The molecule has 6 nitrogen and oxygen atoms in total. The molecule has 2 aliphatic rings. The predicted molar refractivity (Wildman–Crippen MR) is 151 cm³/mol. The molecule has 1 saturated carbocycles. The van der Waals surface area contributed by atoms with Crippen molar-refractivity contribution in [2.75, 3.05) is 32.8 Å². The number of aromatic nitrogens is 2. The Balaban J connectivity index is 1.32. The summed E-state index contributed by atoms with van der Waals surface area (Å²) in [6.45, 7) is 6.70. The summed E-state index contributed by atoms with van der Waals surface area (Å²) in [7, 11) is 0. The number of piperazine rings is 1. The van der Waals surface area contributed by atoms with Crippen molar-refractivity contribution in [1.29, 1.82) is 0 Å². The summed E-state index contributed by atoms with van der Waals surface area (Å²) < 4.78 is 7.96. The Morgan fingerprint density at radius 3 is 2.45 bits per heavy atom. The van der Waals surface area contributed by atoms with E-state index in [-0.39, 0.29) is 5.92 Å². The Morgan fingerprint density at radius 2 is 1.74 bits per heavy atom. The number of carbonyl (C=O) groups excluding carboxylic acids is 1. The van der Waals surface area contributed by atoms with Crippen LogP contribution in [0.3, 0.4) is 0 Å². The fourth-order valence-electron chi connectivity index (χ4n) is 5.44. The number of imidazole rings is 1. The van der Waals surface area contributed by atoms with Crippen molar-refractivity contribution in [3.8, 4) is 28.1 Å². The molecule has 2 aromatic carbocycles. The van der Waals surface area contributed by atoms with Gasteiger partial charge in [-0.1, -0.05) is 42.3 Å². The van der Waals surface area contributed by atoms with Crippen LogP contribution in [-0.2, 0) is 11.3 Å². The first-order chi connectivity index (χ1) is 18.6. The molecule has 0 radical (unpaired) electrons. The first kappa shape index (κ1) is 25.0. The molecule has 2 fully saturated rings. The zero-order valence-corrected chi connectivity index (χ0v) is 22.5. The van der Waals surface area contributed by atoms with Gasteiger partial charge in [-0.2, -0.15) is 0 Å². The molecular formula is C31H33ClN4O2. The lowest BCUT2D eigenvalue weighted by Gasteiger charge is -2.38. The van der Waals surface area contributed by atoms with E-state index < -0.39 is 0 Å². The lowest BCUT2D eigenvalue weighted by Crippen LogP contribution is -2.50. The molecule has 0 atom stereocenters. The lowest BCUT2D eigenvalue weighted by molar-refractivity contribution is -0.140. The molecule has 38 heavy (non-hydrogen) atoms. The zero-order chi connectivity index (χ0) is 26.1. The molecule has 2 aromatic heterocycles. The van der Waals surface area contributed by atoms with Gasteiger partial charge in [0.2, 0.25) is 5.91 Å². The number of amides is 1. The van der Waals surface area contributed by atoms with Gasteiger partial charge < -0.3 is 14.0 Å². The van der Waals surface area contributed by atoms with E-state index in [0.717, 1.165) is 85.0 Å². The van der Waals surface area contributed by atoms with Crippen molar-refractivity contribution < 1.29 is 9.53 Å². The van der Waals surface area contributed by atoms with Crippen LogP contribution in [0.4, 0.5) is 0 Å². The van der Waals surface area contributed by atoms with E-state index in [1.165, 1.54) is 6.42 Å². The second-order valence-electron chi connectivity index (χ2n) is 10.3. The van der Waals surface area contributed by atoms with Crippen molar-refractivity contribution in [3.63, 3.8) is 0 Å². The highest BCUT2D eigenvalue weighted by Gasteiger charge is 2.31. The van der Waals surface area contributed by atoms with Crippen LogP contribution in [-0.4, -0.2) is 57.9 Å². The Bertz CT molecular complexity index is 1440. The van der Waals surface area contributed by atoms with E-state index >= 15 is 0 Å². The topological polar surface area (TPSA) is 50.1 Å². The van der Waals surface area contributed by atoms with Crippen molar-refractivity contribution in [2.24, 2.45) is 5.92 Å². The molecule has 1 amide bonds. The third kappa shape index (κ3) is 5.03. The molecular weight excluding hydrogens is 496 g/mol. The van der Waals surface area contributed by atoms with Gasteiger partial charge in [-0.25, -0.2) is 4.98 Å². The fourth-order valence-corrected chi connectivity index (χ4v) is 5.56. The quantitative estimate of drug-likeness (QED) is 0.288. The van der Waals surface area contributed by atoms with Crippen molar-refractivity contribution in [3.05, 3.63) is 77.6 Å². The van der Waals surface area contributed by atoms with Gasteiger partial charge in [0.15, 0.2) is 0 Å². The zero-order valence-electron chi connectivity index (χ0n) is 21.8. The van der Waals surface area contributed by atoms with Crippen molar-refractivity contribution in [2.45, 2.75) is 32.7 Å². The van der Waals surface area contributed by atoms with E-state index in [4.69, 9.17) is 21.3 Å². The third-order valence-electron chi connectivity index (χ3n) is 7.83. The van der Waals surface area contributed by atoms with Crippen molar-refractivity contribution in [1.82, 2.24) is 19.2 Å². The number of rotatable bonds is 7. The summed E-state index contributed by atoms with van der Waals surface area (Å²) in [5.74, 6) is 1.48. The number of ether oxygens (including phenoxy) is 1. The fraction of sp³-hybridized carbons (Fsp3) is 0.355. The van der Waals surface area contributed by atoms with Gasteiger partial charge in [-0.05, 0) is 67.3 Å². The average Bonchev–Trinajstić information content (AvgIpc) is 3.26. The monoisotopic (exact) mass is 528 g/mol. The van der Waals surface area contributed by atoms with E-state index in [1.54, 1.807) is 0 Å². The highest BCUT2D eigenvalue weighted by molar-refractivity contribution is 6.30. The number of nitrogens with zero attached hydrogens (tertiary/aromatic N) is 4. The number of fused-ring (bicyclic) bond motifs is 1. The number of hydrogen-bond acceptors (Lipinski definition) is 4. The maximum atomic E-state index is 12.8. The average molecular weight is 529 g/mol. The normalized spacial score (nSPS) is 16.5. The Kier molecular flexibility index (Phi) is 7.09. The van der Waals surface area contributed by atoms with Gasteiger partial charge in [-0.15, -0.1) is 0 Å². The summed E-state index contributed by atoms with van der Waals surface area (Å²) in [5, 5.41) is 0.711. The summed E-state index contributed by atoms with van der Waals surface area (Å²) in [6, 6.07) is 20.3. The molecule has 196 valence electrons. The smallest absolute Gasteiger partial charge is 0.225 e. The molecule has 1 saturated heterocycles. The van der Waals surface area contributed by atoms with E-state index in [1.807, 2.05) is 43.3 Å². The van der Waals surface area contributed by atoms with Crippen LogP contribution < -0.4 is 4.74 Å². The largest absolute Gasteiger partial charge is 0.494 e. The number of pyridine rings is 1. The lowest BCUT2D eigenvalue weighted by atomic mass is 9.84. The number of benzene rings is 2. The van der Waals surface area contributed by atoms with Gasteiger partial charge in [0, 0.05) is 55.4 Å². The van der Waals surface area contributed by atoms with Gasteiger partial charge >= 0.3 is 0 Å². The molecule has 0 spiro atoms. The van der Waals surface area contributed by atoms with Crippen molar-refractivity contribution >= 4 is 23.2 Å². The summed E-state index contributed by atoms with van der Waals surface area (Å²) >= 11 is 6.20. The van der Waals surface area contributed by atoms with E-state index in [0.29, 0.717) is 17.5 Å². The third-order valence-corrected chi connectivity index (χ3v) is 8.08. The minimum atomic E-state index is 0.261. The van der Waals surface area contributed by atoms with Crippen LogP contribution in [0, 0.1) is 5.92 Å². The SMILES string of the molecule is CCOc1cccc(-c2ccc3nc(-c4ccc(Cl)cc4)c(CN4CCN(C(=O)C5CCC5)CC4)n3c2)c1. The highest BCUT2D eigenvalue weighted by atomic mass is 35.5. The van der Waals surface area contributed by atoms with Gasteiger partial charge in [0.1, 0.15) is 11.4 Å². The summed E-state index contributed by atoms with van der Waals surface area (Å²) in [5.41, 5.74) is 6.28. The molecule has 3 heterocycles. The first-order valence-corrected chi connectivity index (χ1v) is 14.0. The molecule has 0 N–H and O–H groups in total. The van der Waals surface area contributed by atoms with Crippen LogP contribution in [0.15, 0.2) is 66.9 Å². The molecule has 1 aliphatic carbocycles. The van der Waals surface area contributed by atoms with Crippen LogP contribution in [0.5, 0.6) is 5.75 Å². The minimum absolute atomic E-state index is 0.261. The second-order valence-corrected chi connectivity index (χ2v) is 10.7. The number of hydrogen-bond donors (Lipinski definition) is 0. The highest BCUT2D eigenvalue weighted by Crippen LogP contribution is 2.31. The van der Waals surface area contributed by atoms with Crippen LogP contribution >= 0.6 is 11.6 Å². The standard InChI is InChI=1S/C31H33ClN4O2/c1-2-38-27-8-4-7-24(19-27)25-11-14-29-33-30(22-9-12-26(32)13-10-22)28(36(29)20-25)21-34-15-17-35(18-16-34)31(37)23-5-3-6-23/h4,7-14,19-20,23H,2-3,5-6,15-18,21H2,1H3. The van der Waals surface area contributed by atoms with E-state index in [9.17, 15) is 4.79 Å². The van der Waals surface area contributed by atoms with Crippen LogP contribution in [0.25, 0.3) is 28.0 Å². The van der Waals surface area contributed by atoms with Crippen LogP contribution in [0.1, 0.15) is 31.9 Å². The minimum Gasteiger partial charge on any atom is -0.494 e. The molecule has 6 rings (SSSR count). The number of carbonyl (C=O) groups is 1. The maximum Gasteiger partial charge on any atom is 0.225 e. The molecule has 1 aliphatic heterocycles.